The summed E-state index contributed by atoms with van der Waals surface area (Å²) in [7, 11) is 0. The highest BCUT2D eigenvalue weighted by atomic mass is 32.1. The maximum atomic E-state index is 9.50. The lowest BCUT2D eigenvalue weighted by Gasteiger charge is -2.39. The van der Waals surface area contributed by atoms with Crippen LogP contribution < -0.4 is 0 Å². The second-order valence-electron chi connectivity index (χ2n) is 4.34. The highest BCUT2D eigenvalue weighted by molar-refractivity contribution is 7.17. The minimum absolute atomic E-state index is 0.117. The van der Waals surface area contributed by atoms with Crippen LogP contribution in [0.1, 0.15) is 24.8 Å². The molecule has 3 heteroatoms. The van der Waals surface area contributed by atoms with Gasteiger partial charge in [-0.1, -0.05) is 6.92 Å². The third-order valence-corrected chi connectivity index (χ3v) is 4.34. The molecular formula is C12H13NOS. The first-order valence-electron chi connectivity index (χ1n) is 5.27. The van der Waals surface area contributed by atoms with E-state index in [1.54, 1.807) is 11.3 Å². The van der Waals surface area contributed by atoms with Crippen LogP contribution in [-0.4, -0.2) is 16.2 Å². The molecule has 2 aromatic rings. The second-order valence-corrected chi connectivity index (χ2v) is 5.29. The van der Waals surface area contributed by atoms with Crippen molar-refractivity contribution in [1.29, 1.82) is 0 Å². The van der Waals surface area contributed by atoms with Crippen LogP contribution in [0, 0.1) is 5.92 Å². The van der Waals surface area contributed by atoms with Gasteiger partial charge in [0.25, 0.3) is 0 Å². The van der Waals surface area contributed by atoms with Crippen molar-refractivity contribution in [2.75, 3.05) is 0 Å². The van der Waals surface area contributed by atoms with Gasteiger partial charge in [0, 0.05) is 6.20 Å². The van der Waals surface area contributed by atoms with Crippen LogP contribution in [-0.2, 0) is 0 Å². The van der Waals surface area contributed by atoms with E-state index in [1.807, 2.05) is 12.3 Å². The number of hydrogen-bond acceptors (Lipinski definition) is 3. The van der Waals surface area contributed by atoms with Crippen molar-refractivity contribution in [3.63, 3.8) is 0 Å². The molecule has 1 aliphatic carbocycles. The summed E-state index contributed by atoms with van der Waals surface area (Å²) in [5.41, 5.74) is 2.36. The predicted molar refractivity (Wildman–Crippen MR) is 62.1 cm³/mol. The molecule has 78 valence electrons. The van der Waals surface area contributed by atoms with Crippen molar-refractivity contribution in [3.8, 4) is 0 Å². The molecule has 0 bridgehead atoms. The first-order valence-corrected chi connectivity index (χ1v) is 6.15. The Morgan fingerprint density at radius 2 is 2.40 bits per heavy atom. The van der Waals surface area contributed by atoms with Crippen molar-refractivity contribution in [2.45, 2.75) is 25.4 Å². The van der Waals surface area contributed by atoms with Crippen molar-refractivity contribution in [3.05, 3.63) is 29.3 Å². The number of fused-ring (bicyclic) bond motifs is 1. The van der Waals surface area contributed by atoms with Gasteiger partial charge in [-0.2, -0.15) is 0 Å². The van der Waals surface area contributed by atoms with E-state index in [0.717, 1.165) is 11.9 Å². The first kappa shape index (κ1) is 9.31. The third kappa shape index (κ3) is 1.38. The average Bonchev–Trinajstić information content (AvgIpc) is 2.72. The summed E-state index contributed by atoms with van der Waals surface area (Å²) in [6.45, 7) is 2.11. The highest BCUT2D eigenvalue weighted by Gasteiger charge is 2.37. The minimum Gasteiger partial charge on any atom is -0.393 e. The van der Waals surface area contributed by atoms with Crippen LogP contribution in [0.3, 0.4) is 0 Å². The Hall–Kier alpha value is -0.930. The molecule has 0 aliphatic heterocycles. The Balaban J connectivity index is 1.98. The van der Waals surface area contributed by atoms with Gasteiger partial charge in [-0.15, -0.1) is 11.3 Å². The van der Waals surface area contributed by atoms with E-state index in [0.29, 0.717) is 11.8 Å². The maximum absolute atomic E-state index is 9.50. The van der Waals surface area contributed by atoms with Crippen LogP contribution in [0.15, 0.2) is 23.7 Å². The van der Waals surface area contributed by atoms with Crippen LogP contribution in [0.4, 0.5) is 0 Å². The Labute approximate surface area is 92.6 Å². The molecule has 0 aromatic carbocycles. The number of hydrogen-bond donors (Lipinski definition) is 1. The zero-order valence-electron chi connectivity index (χ0n) is 8.55. The molecule has 3 unspecified atom stereocenters. The molecule has 0 amide bonds. The summed E-state index contributed by atoms with van der Waals surface area (Å²) in [4.78, 5) is 4.43. The smallest absolute Gasteiger partial charge is 0.0809 e. The van der Waals surface area contributed by atoms with Crippen molar-refractivity contribution in [1.82, 2.24) is 4.98 Å². The highest BCUT2D eigenvalue weighted by Crippen LogP contribution is 2.42. The fourth-order valence-corrected chi connectivity index (χ4v) is 3.05. The van der Waals surface area contributed by atoms with Gasteiger partial charge < -0.3 is 5.11 Å². The van der Waals surface area contributed by atoms with Gasteiger partial charge in [-0.25, -0.2) is 0 Å². The summed E-state index contributed by atoms with van der Waals surface area (Å²) in [5.74, 6) is 0.878. The van der Waals surface area contributed by atoms with E-state index in [4.69, 9.17) is 0 Å². The van der Waals surface area contributed by atoms with Crippen LogP contribution >= 0.6 is 11.3 Å². The van der Waals surface area contributed by atoms with E-state index in [1.165, 1.54) is 10.3 Å². The molecule has 15 heavy (non-hydrogen) atoms. The number of aliphatic hydroxyl groups is 1. The SMILES string of the molecule is CC1C(O)CC1c1cnc2ccsc2c1. The lowest BCUT2D eigenvalue weighted by atomic mass is 9.69. The van der Waals surface area contributed by atoms with Crippen LogP contribution in [0.5, 0.6) is 0 Å². The van der Waals surface area contributed by atoms with Crippen molar-refractivity contribution in [2.24, 2.45) is 5.92 Å². The number of nitrogens with zero attached hydrogens (tertiary/aromatic N) is 1. The molecule has 1 aliphatic rings. The monoisotopic (exact) mass is 219 g/mol. The molecule has 3 atom stereocenters. The third-order valence-electron chi connectivity index (χ3n) is 3.49. The van der Waals surface area contributed by atoms with Gasteiger partial charge >= 0.3 is 0 Å². The standard InChI is InChI=1S/C12H13NOS/c1-7-9(5-11(7)14)8-4-12-10(13-6-8)2-3-15-12/h2-4,6-7,9,11,14H,5H2,1H3. The Morgan fingerprint density at radius 3 is 3.13 bits per heavy atom. The lowest BCUT2D eigenvalue weighted by Crippen LogP contribution is -2.37. The molecule has 1 N–H and O–H groups in total. The lowest BCUT2D eigenvalue weighted by molar-refractivity contribution is 0.0117. The molecule has 1 saturated carbocycles. The van der Waals surface area contributed by atoms with E-state index >= 15 is 0 Å². The number of rotatable bonds is 1. The molecule has 2 nitrogen and oxygen atoms in total. The molecule has 1 fully saturated rings. The summed E-state index contributed by atoms with van der Waals surface area (Å²) in [5, 5.41) is 11.6. The largest absolute Gasteiger partial charge is 0.393 e. The topological polar surface area (TPSA) is 33.1 Å². The van der Waals surface area contributed by atoms with Crippen molar-refractivity contribution >= 4 is 21.6 Å². The van der Waals surface area contributed by atoms with Gasteiger partial charge in [-0.3, -0.25) is 4.98 Å². The van der Waals surface area contributed by atoms with Gasteiger partial charge in [0.05, 0.1) is 16.3 Å². The van der Waals surface area contributed by atoms with E-state index in [2.05, 4.69) is 23.4 Å². The molecule has 0 saturated heterocycles. The summed E-state index contributed by atoms with van der Waals surface area (Å²) < 4.78 is 1.25. The normalized spacial score (nSPS) is 30.4. The minimum atomic E-state index is -0.117. The summed E-state index contributed by atoms with van der Waals surface area (Å²) >= 11 is 1.73. The number of aliphatic hydroxyl groups excluding tert-OH is 1. The second kappa shape index (κ2) is 3.29. The molecule has 2 heterocycles. The number of pyridine rings is 1. The number of aromatic nitrogens is 1. The molecule has 0 spiro atoms. The zero-order valence-corrected chi connectivity index (χ0v) is 9.37. The van der Waals surface area contributed by atoms with E-state index < -0.39 is 0 Å². The fourth-order valence-electron chi connectivity index (χ4n) is 2.27. The number of thiophene rings is 1. The van der Waals surface area contributed by atoms with E-state index in [-0.39, 0.29) is 6.10 Å². The summed E-state index contributed by atoms with van der Waals surface area (Å²) in [6, 6.07) is 4.27. The first-order chi connectivity index (χ1) is 7.25. The Kier molecular flexibility index (Phi) is 2.04. The van der Waals surface area contributed by atoms with E-state index in [9.17, 15) is 5.11 Å². The van der Waals surface area contributed by atoms with Gasteiger partial charge in [0.15, 0.2) is 0 Å². The molecule has 0 radical (unpaired) electrons. The Bertz CT molecular complexity index is 493. The fraction of sp³-hybridized carbons (Fsp3) is 0.417. The maximum Gasteiger partial charge on any atom is 0.0809 e. The Morgan fingerprint density at radius 1 is 1.53 bits per heavy atom. The van der Waals surface area contributed by atoms with Gasteiger partial charge in [-0.05, 0) is 41.3 Å². The van der Waals surface area contributed by atoms with Crippen LogP contribution in [0.2, 0.25) is 0 Å². The molecule has 3 rings (SSSR count). The van der Waals surface area contributed by atoms with Gasteiger partial charge in [0.2, 0.25) is 0 Å². The molecular weight excluding hydrogens is 206 g/mol. The zero-order chi connectivity index (χ0) is 10.4. The summed E-state index contributed by atoms with van der Waals surface area (Å²) in [6.07, 6.45) is 2.73. The quantitative estimate of drug-likeness (QED) is 0.800. The average molecular weight is 219 g/mol. The predicted octanol–water partition coefficient (Wildman–Crippen LogP) is 2.78. The molecule has 2 aromatic heterocycles. The van der Waals surface area contributed by atoms with Gasteiger partial charge in [0.1, 0.15) is 0 Å². The van der Waals surface area contributed by atoms with Crippen LogP contribution in [0.25, 0.3) is 10.2 Å². The van der Waals surface area contributed by atoms with Crippen molar-refractivity contribution < 1.29 is 5.11 Å².